The smallest absolute Gasteiger partial charge is 0.137 e. The molecule has 0 amide bonds. The topological polar surface area (TPSA) is 18.5 Å². The molecule has 72 valence electrons. The van der Waals surface area contributed by atoms with Gasteiger partial charge in [-0.05, 0) is 11.0 Å². The van der Waals surface area contributed by atoms with E-state index in [0.29, 0.717) is 20.5 Å². The first-order valence-corrected chi connectivity index (χ1v) is 5.35. The van der Waals surface area contributed by atoms with Crippen LogP contribution in [-0.4, -0.2) is 29.7 Å². The molecule has 3 heteroatoms. The summed E-state index contributed by atoms with van der Waals surface area (Å²) in [6.45, 7) is 8.97. The second-order valence-corrected chi connectivity index (χ2v) is 5.87. The Bertz CT molecular complexity index is 120. The predicted molar refractivity (Wildman–Crippen MR) is 52.4 cm³/mol. The summed E-state index contributed by atoms with van der Waals surface area (Å²) in [5, 5.41) is 0.302. The third-order valence-corrected chi connectivity index (χ3v) is 4.39. The van der Waals surface area contributed by atoms with Crippen LogP contribution in [0, 0.1) is 5.92 Å². The summed E-state index contributed by atoms with van der Waals surface area (Å²) >= 11 is 0. The lowest BCUT2D eigenvalue weighted by molar-refractivity contribution is -0.0463. The summed E-state index contributed by atoms with van der Waals surface area (Å²) in [4.78, 5) is 0. The van der Waals surface area contributed by atoms with Crippen LogP contribution in [0.5, 0.6) is 0 Å². The highest BCUT2D eigenvalue weighted by Crippen LogP contribution is 2.33. The fraction of sp³-hybridized carbons (Fsp3) is 1.00. The molecule has 0 N–H and O–H groups in total. The molecular formula is C9H20O2Si. The summed E-state index contributed by atoms with van der Waals surface area (Å²) in [7, 11) is 4.07. The van der Waals surface area contributed by atoms with Crippen LogP contribution in [-0.2, 0) is 9.47 Å². The number of hydrogen-bond donors (Lipinski definition) is 0. The second kappa shape index (κ2) is 4.99. The lowest BCUT2D eigenvalue weighted by Gasteiger charge is -2.30. The molecule has 0 aliphatic carbocycles. The molecule has 0 aliphatic heterocycles. The Kier molecular flexibility index (Phi) is 5.05. The number of methoxy groups -OCH3 is 2. The first kappa shape index (κ1) is 12.1. The van der Waals surface area contributed by atoms with Gasteiger partial charge in [0.15, 0.2) is 0 Å². The second-order valence-electron chi connectivity index (χ2n) is 3.82. The molecule has 0 bridgehead atoms. The van der Waals surface area contributed by atoms with E-state index < -0.39 is 0 Å². The molecule has 0 rings (SSSR count). The summed E-state index contributed by atoms with van der Waals surface area (Å²) in [6.07, 6.45) is 0. The van der Waals surface area contributed by atoms with Crippen molar-refractivity contribution in [3.63, 3.8) is 0 Å². The normalized spacial score (nSPS) is 13.0. The number of rotatable bonds is 5. The lowest BCUT2D eigenvalue weighted by atomic mass is 9.99. The standard InChI is InChI=1S/C9H20O2Si/c1-7(2)9(3,4)12-8(10-5)11-6/h7-8H,1-6H3. The van der Waals surface area contributed by atoms with Crippen molar-refractivity contribution < 1.29 is 9.47 Å². The van der Waals surface area contributed by atoms with Gasteiger partial charge < -0.3 is 9.47 Å². The van der Waals surface area contributed by atoms with E-state index in [9.17, 15) is 0 Å². The minimum Gasteiger partial charge on any atom is -0.360 e. The Balaban J connectivity index is 4.02. The Morgan fingerprint density at radius 3 is 1.75 bits per heavy atom. The van der Waals surface area contributed by atoms with Crippen molar-refractivity contribution >= 4 is 9.52 Å². The molecule has 0 spiro atoms. The van der Waals surface area contributed by atoms with E-state index in [-0.39, 0.29) is 5.91 Å². The molecular weight excluding hydrogens is 168 g/mol. The molecule has 0 fully saturated rings. The zero-order valence-corrected chi connectivity index (χ0v) is 9.97. The van der Waals surface area contributed by atoms with Gasteiger partial charge in [-0.2, -0.15) is 0 Å². The van der Waals surface area contributed by atoms with E-state index in [0.717, 1.165) is 0 Å². The fourth-order valence-electron chi connectivity index (χ4n) is 0.684. The van der Waals surface area contributed by atoms with Crippen molar-refractivity contribution in [3.8, 4) is 0 Å². The van der Waals surface area contributed by atoms with Gasteiger partial charge in [-0.1, -0.05) is 27.7 Å². The van der Waals surface area contributed by atoms with E-state index in [1.807, 2.05) is 0 Å². The maximum absolute atomic E-state index is 5.18. The Morgan fingerprint density at radius 2 is 1.50 bits per heavy atom. The van der Waals surface area contributed by atoms with E-state index in [2.05, 4.69) is 27.7 Å². The monoisotopic (exact) mass is 188 g/mol. The summed E-state index contributed by atoms with van der Waals surface area (Å²) in [5.41, 5.74) is 0. The Hall–Kier alpha value is 0.137. The van der Waals surface area contributed by atoms with E-state index in [1.165, 1.54) is 0 Å². The maximum Gasteiger partial charge on any atom is 0.137 e. The van der Waals surface area contributed by atoms with E-state index >= 15 is 0 Å². The van der Waals surface area contributed by atoms with Gasteiger partial charge in [-0.25, -0.2) is 0 Å². The Labute approximate surface area is 78.5 Å². The SMILES string of the molecule is COC(OC)[Si]C(C)(C)C(C)C. The van der Waals surface area contributed by atoms with Crippen LogP contribution in [0.1, 0.15) is 27.7 Å². The van der Waals surface area contributed by atoms with Gasteiger partial charge in [0, 0.05) is 14.2 Å². The van der Waals surface area contributed by atoms with Crippen molar-refractivity contribution in [2.75, 3.05) is 14.2 Å². The van der Waals surface area contributed by atoms with Crippen molar-refractivity contribution in [2.24, 2.45) is 5.92 Å². The molecule has 0 heterocycles. The molecule has 2 nitrogen and oxygen atoms in total. The van der Waals surface area contributed by atoms with Gasteiger partial charge in [0.1, 0.15) is 15.4 Å². The van der Waals surface area contributed by atoms with Crippen LogP contribution >= 0.6 is 0 Å². The van der Waals surface area contributed by atoms with Crippen molar-refractivity contribution in [1.29, 1.82) is 0 Å². The van der Waals surface area contributed by atoms with Crippen LogP contribution in [0.4, 0.5) is 0 Å². The average Bonchev–Trinajstić information content (AvgIpc) is 2.00. The van der Waals surface area contributed by atoms with E-state index in [4.69, 9.17) is 9.47 Å². The number of hydrogen-bond acceptors (Lipinski definition) is 2. The predicted octanol–water partition coefficient (Wildman–Crippen LogP) is 2.12. The van der Waals surface area contributed by atoms with Gasteiger partial charge in [0.25, 0.3) is 0 Å². The lowest BCUT2D eigenvalue weighted by Crippen LogP contribution is -2.32. The minimum absolute atomic E-state index is 0.0394. The first-order valence-electron chi connectivity index (χ1n) is 4.27. The van der Waals surface area contributed by atoms with Crippen molar-refractivity contribution in [2.45, 2.75) is 38.6 Å². The van der Waals surface area contributed by atoms with Crippen LogP contribution in [0.25, 0.3) is 0 Å². The molecule has 0 atom stereocenters. The quantitative estimate of drug-likeness (QED) is 0.486. The molecule has 0 aromatic carbocycles. The van der Waals surface area contributed by atoms with Crippen LogP contribution in [0.2, 0.25) is 5.04 Å². The zero-order valence-electron chi connectivity index (χ0n) is 8.97. The first-order chi connectivity index (χ1) is 5.44. The number of ether oxygens (including phenoxy) is 2. The van der Waals surface area contributed by atoms with Gasteiger partial charge in [-0.3, -0.25) is 0 Å². The molecule has 2 radical (unpaired) electrons. The highest BCUT2D eigenvalue weighted by Gasteiger charge is 2.27. The highest BCUT2D eigenvalue weighted by atomic mass is 28.2. The molecule has 0 saturated carbocycles. The molecule has 0 aliphatic rings. The minimum atomic E-state index is -0.0394. The maximum atomic E-state index is 5.18. The molecule has 0 saturated heterocycles. The molecule has 0 aromatic heterocycles. The molecule has 12 heavy (non-hydrogen) atoms. The average molecular weight is 188 g/mol. The molecule has 0 unspecified atom stereocenters. The third-order valence-electron chi connectivity index (χ3n) is 2.36. The largest absolute Gasteiger partial charge is 0.360 e. The van der Waals surface area contributed by atoms with E-state index in [1.54, 1.807) is 14.2 Å². The van der Waals surface area contributed by atoms with Crippen LogP contribution in [0.3, 0.4) is 0 Å². The summed E-state index contributed by atoms with van der Waals surface area (Å²) in [5.74, 6) is 0.617. The van der Waals surface area contributed by atoms with Gasteiger partial charge in [0.05, 0.1) is 0 Å². The van der Waals surface area contributed by atoms with Crippen LogP contribution < -0.4 is 0 Å². The summed E-state index contributed by atoms with van der Waals surface area (Å²) < 4.78 is 10.4. The van der Waals surface area contributed by atoms with Gasteiger partial charge in [-0.15, -0.1) is 0 Å². The van der Waals surface area contributed by atoms with Gasteiger partial charge in [0.2, 0.25) is 0 Å². The fourth-order valence-corrected chi connectivity index (χ4v) is 1.86. The van der Waals surface area contributed by atoms with Crippen LogP contribution in [0.15, 0.2) is 0 Å². The third kappa shape index (κ3) is 3.69. The highest BCUT2D eigenvalue weighted by molar-refractivity contribution is 6.40. The molecule has 0 aromatic rings. The zero-order chi connectivity index (χ0) is 9.78. The summed E-state index contributed by atoms with van der Waals surface area (Å²) in [6, 6.07) is 0. The Morgan fingerprint density at radius 1 is 1.08 bits per heavy atom. The van der Waals surface area contributed by atoms with Crippen molar-refractivity contribution in [1.82, 2.24) is 0 Å². The van der Waals surface area contributed by atoms with Crippen molar-refractivity contribution in [3.05, 3.63) is 0 Å². The van der Waals surface area contributed by atoms with Gasteiger partial charge >= 0.3 is 0 Å².